The number of esters is 1. The normalized spacial score (nSPS) is 42.8. The van der Waals surface area contributed by atoms with Gasteiger partial charge >= 0.3 is 5.97 Å². The predicted octanol–water partition coefficient (Wildman–Crippen LogP) is 2.88. The minimum Gasteiger partial charge on any atom is -0.508 e. The minimum absolute atomic E-state index is 0.0474. The van der Waals surface area contributed by atoms with E-state index in [1.54, 1.807) is 24.3 Å². The lowest BCUT2D eigenvalue weighted by Gasteiger charge is -2.49. The summed E-state index contributed by atoms with van der Waals surface area (Å²) in [5.74, 6) is 0.484. The maximum absolute atomic E-state index is 12.8. The zero-order valence-corrected chi connectivity index (χ0v) is 18.1. The molecule has 2 heterocycles. The lowest BCUT2D eigenvalue weighted by atomic mass is 9.53. The summed E-state index contributed by atoms with van der Waals surface area (Å²) in [7, 11) is 1.93. The average molecular weight is 416 g/mol. The van der Waals surface area contributed by atoms with Gasteiger partial charge in [0.2, 0.25) is 0 Å². The van der Waals surface area contributed by atoms with E-state index in [0.29, 0.717) is 19.0 Å². The highest BCUT2D eigenvalue weighted by Crippen LogP contribution is 2.70. The summed E-state index contributed by atoms with van der Waals surface area (Å²) in [5.41, 5.74) is 0.774. The van der Waals surface area contributed by atoms with Crippen LogP contribution in [0.15, 0.2) is 24.3 Å². The van der Waals surface area contributed by atoms with Crippen LogP contribution in [0.2, 0.25) is 0 Å². The number of nitrogens with zero attached hydrogens (tertiary/aromatic N) is 1. The molecule has 1 aromatic carbocycles. The molecule has 30 heavy (non-hydrogen) atoms. The van der Waals surface area contributed by atoms with E-state index in [1.807, 2.05) is 11.9 Å². The molecule has 0 radical (unpaired) electrons. The zero-order chi connectivity index (χ0) is 21.3. The summed E-state index contributed by atoms with van der Waals surface area (Å²) in [5, 5.41) is 20.0. The number of epoxide rings is 1. The van der Waals surface area contributed by atoms with Crippen molar-refractivity contribution in [1.29, 1.82) is 0 Å². The van der Waals surface area contributed by atoms with Crippen molar-refractivity contribution in [2.75, 3.05) is 20.1 Å². The molecular weight excluding hydrogens is 382 g/mol. The molecule has 2 unspecified atom stereocenters. The first-order valence-electron chi connectivity index (χ1n) is 11.3. The molecule has 2 aliphatic carbocycles. The standard InChI is InChI=1S/C24H33NO5/c1-14-5-4-10-23(2)11-19-20(21-24(14,23)30-21)17(22(28)29-19)12-25(3)13-18(27)15-6-8-16(26)9-7-15/h6-9,14,17-21,26-27H,4-5,10-13H2,1-3H3/t14-,17?,18?,19+,20+,21-,23+,24-/m0/s1. The van der Waals surface area contributed by atoms with Gasteiger partial charge < -0.3 is 24.6 Å². The van der Waals surface area contributed by atoms with Gasteiger partial charge in [-0.05, 0) is 49.9 Å². The molecule has 4 aliphatic rings. The van der Waals surface area contributed by atoms with Crippen LogP contribution in [0.5, 0.6) is 5.75 Å². The number of carbonyl (C=O) groups is 1. The quantitative estimate of drug-likeness (QED) is 0.568. The number of ether oxygens (including phenoxy) is 2. The number of aliphatic hydroxyl groups excluding tert-OH is 1. The van der Waals surface area contributed by atoms with Crippen LogP contribution < -0.4 is 0 Å². The Kier molecular flexibility index (Phi) is 4.69. The number of aromatic hydroxyl groups is 1. The number of likely N-dealkylation sites (N-methyl/N-ethyl adjacent to an activating group) is 1. The SMILES string of the molecule is C[C@H]1CCC[C@]2(C)C[C@H]3OC(=O)C(CN(C)CC(O)c4ccc(O)cc4)[C@H]3[C@@H]3O[C@@]132. The Bertz CT molecular complexity index is 827. The molecule has 1 spiro atoms. The summed E-state index contributed by atoms with van der Waals surface area (Å²) < 4.78 is 12.4. The van der Waals surface area contributed by atoms with Crippen LogP contribution in [0.25, 0.3) is 0 Å². The molecule has 2 saturated carbocycles. The third-order valence-corrected chi connectivity index (χ3v) is 8.46. The van der Waals surface area contributed by atoms with Crippen molar-refractivity contribution in [1.82, 2.24) is 4.90 Å². The zero-order valence-electron chi connectivity index (χ0n) is 18.1. The molecule has 6 nitrogen and oxygen atoms in total. The Balaban J connectivity index is 1.29. The van der Waals surface area contributed by atoms with Crippen molar-refractivity contribution in [2.45, 2.75) is 63.4 Å². The smallest absolute Gasteiger partial charge is 0.311 e. The largest absolute Gasteiger partial charge is 0.508 e. The highest BCUT2D eigenvalue weighted by Gasteiger charge is 2.78. The first-order valence-corrected chi connectivity index (χ1v) is 11.3. The van der Waals surface area contributed by atoms with Crippen LogP contribution in [0.1, 0.15) is 51.2 Å². The van der Waals surface area contributed by atoms with Gasteiger partial charge in [0.1, 0.15) is 17.5 Å². The van der Waals surface area contributed by atoms with E-state index in [9.17, 15) is 15.0 Å². The van der Waals surface area contributed by atoms with Gasteiger partial charge in [-0.3, -0.25) is 4.79 Å². The van der Waals surface area contributed by atoms with Crippen molar-refractivity contribution < 1.29 is 24.5 Å². The molecule has 0 amide bonds. The topological polar surface area (TPSA) is 82.5 Å². The molecule has 8 atom stereocenters. The van der Waals surface area contributed by atoms with Crippen molar-refractivity contribution >= 4 is 5.97 Å². The second kappa shape index (κ2) is 6.94. The van der Waals surface area contributed by atoms with Gasteiger partial charge in [-0.1, -0.05) is 32.4 Å². The fourth-order valence-corrected chi connectivity index (χ4v) is 6.95. The predicted molar refractivity (Wildman–Crippen MR) is 111 cm³/mol. The maximum atomic E-state index is 12.8. The lowest BCUT2D eigenvalue weighted by Crippen LogP contribution is -2.54. The Hall–Kier alpha value is -1.63. The first kappa shape index (κ1) is 20.3. The van der Waals surface area contributed by atoms with Gasteiger partial charge in [0.05, 0.1) is 18.1 Å². The third-order valence-electron chi connectivity index (χ3n) is 8.46. The van der Waals surface area contributed by atoms with Crippen molar-refractivity contribution in [3.05, 3.63) is 29.8 Å². The Morgan fingerprint density at radius 1 is 1.30 bits per heavy atom. The Morgan fingerprint density at radius 3 is 2.77 bits per heavy atom. The molecule has 164 valence electrons. The number of carbonyl (C=O) groups excluding carboxylic acids is 1. The second-order valence-corrected chi connectivity index (χ2v) is 10.4. The van der Waals surface area contributed by atoms with E-state index in [2.05, 4.69) is 13.8 Å². The highest BCUT2D eigenvalue weighted by molar-refractivity contribution is 5.76. The third kappa shape index (κ3) is 2.91. The number of fused-ring (bicyclic) bond motifs is 2. The summed E-state index contributed by atoms with van der Waals surface area (Å²) in [6, 6.07) is 6.60. The lowest BCUT2D eigenvalue weighted by molar-refractivity contribution is -0.146. The molecule has 0 aromatic heterocycles. The number of rotatable bonds is 5. The molecule has 0 bridgehead atoms. The van der Waals surface area contributed by atoms with E-state index in [-0.39, 0.29) is 46.8 Å². The van der Waals surface area contributed by atoms with Crippen LogP contribution in [-0.4, -0.2) is 59.0 Å². The van der Waals surface area contributed by atoms with Gasteiger partial charge in [0, 0.05) is 24.4 Å². The maximum Gasteiger partial charge on any atom is 0.311 e. The molecule has 2 saturated heterocycles. The number of phenols is 1. The van der Waals surface area contributed by atoms with Crippen LogP contribution >= 0.6 is 0 Å². The monoisotopic (exact) mass is 415 g/mol. The number of aliphatic hydroxyl groups is 1. The molecule has 6 heteroatoms. The van der Waals surface area contributed by atoms with Crippen LogP contribution in [0.3, 0.4) is 0 Å². The number of benzene rings is 1. The molecular formula is C24H33NO5. The van der Waals surface area contributed by atoms with Gasteiger partial charge in [-0.15, -0.1) is 0 Å². The van der Waals surface area contributed by atoms with Crippen LogP contribution in [0, 0.1) is 23.2 Å². The van der Waals surface area contributed by atoms with Gasteiger partial charge in [0.15, 0.2) is 0 Å². The summed E-state index contributed by atoms with van der Waals surface area (Å²) in [6.45, 7) is 5.61. The molecule has 4 fully saturated rings. The van der Waals surface area contributed by atoms with Gasteiger partial charge in [-0.2, -0.15) is 0 Å². The summed E-state index contributed by atoms with van der Waals surface area (Å²) >= 11 is 0. The Labute approximate surface area is 178 Å². The summed E-state index contributed by atoms with van der Waals surface area (Å²) in [6.07, 6.45) is 3.86. The van der Waals surface area contributed by atoms with E-state index < -0.39 is 6.10 Å². The number of hydrogen-bond acceptors (Lipinski definition) is 6. The average Bonchev–Trinajstić information content (AvgIpc) is 3.37. The minimum atomic E-state index is -0.680. The molecule has 2 N–H and O–H groups in total. The van der Waals surface area contributed by atoms with Crippen LogP contribution in [0.4, 0.5) is 0 Å². The fourth-order valence-electron chi connectivity index (χ4n) is 6.95. The first-order chi connectivity index (χ1) is 14.2. The van der Waals surface area contributed by atoms with E-state index in [0.717, 1.165) is 18.4 Å². The Morgan fingerprint density at radius 2 is 2.03 bits per heavy atom. The van der Waals surface area contributed by atoms with Crippen molar-refractivity contribution in [3.8, 4) is 5.75 Å². The van der Waals surface area contributed by atoms with Gasteiger partial charge in [-0.25, -0.2) is 0 Å². The number of hydrogen-bond donors (Lipinski definition) is 2. The van der Waals surface area contributed by atoms with Crippen molar-refractivity contribution in [2.24, 2.45) is 23.2 Å². The van der Waals surface area contributed by atoms with E-state index in [1.165, 1.54) is 12.8 Å². The van der Waals surface area contributed by atoms with Crippen molar-refractivity contribution in [3.63, 3.8) is 0 Å². The van der Waals surface area contributed by atoms with Crippen LogP contribution in [-0.2, 0) is 14.3 Å². The molecule has 1 aromatic rings. The van der Waals surface area contributed by atoms with Gasteiger partial charge in [0.25, 0.3) is 0 Å². The fraction of sp³-hybridized carbons (Fsp3) is 0.708. The number of phenolic OH excluding ortho intramolecular Hbond substituents is 1. The van der Waals surface area contributed by atoms with E-state index in [4.69, 9.17) is 9.47 Å². The summed E-state index contributed by atoms with van der Waals surface area (Å²) in [4.78, 5) is 14.8. The molecule has 5 rings (SSSR count). The second-order valence-electron chi connectivity index (χ2n) is 10.4. The molecule has 2 aliphatic heterocycles. The van der Waals surface area contributed by atoms with E-state index >= 15 is 0 Å². The highest BCUT2D eigenvalue weighted by atomic mass is 16.6.